The molecule has 1 N–H and O–H groups in total. The van der Waals surface area contributed by atoms with Gasteiger partial charge in [0.1, 0.15) is 5.75 Å². The Hall–Kier alpha value is -3.45. The fourth-order valence-corrected chi connectivity index (χ4v) is 4.53. The fraction of sp³-hybridized carbons (Fsp3) is 0.414. The molecule has 0 atom stereocenters. The van der Waals surface area contributed by atoms with E-state index in [0.29, 0.717) is 23.3 Å². The summed E-state index contributed by atoms with van der Waals surface area (Å²) in [6, 6.07) is 16.8. The van der Waals surface area contributed by atoms with Crippen LogP contribution in [0, 0.1) is 0 Å². The number of likely N-dealkylation sites (tertiary alicyclic amines) is 1. The summed E-state index contributed by atoms with van der Waals surface area (Å²) < 4.78 is 22.4. The van der Waals surface area contributed by atoms with E-state index in [4.69, 9.17) is 18.9 Å². The van der Waals surface area contributed by atoms with E-state index >= 15 is 0 Å². The van der Waals surface area contributed by atoms with Crippen LogP contribution in [0.5, 0.6) is 23.0 Å². The van der Waals surface area contributed by atoms with Gasteiger partial charge in [0.25, 0.3) is 0 Å². The van der Waals surface area contributed by atoms with E-state index in [9.17, 15) is 0 Å². The standard InChI is InChI=1S/C29H37N3O4/c1-20(2)36-29-27(34-4)17-22(18-28(29)35-5)26-16-21(10-13-30-26)19-32-14-11-24(12-15-32)31-23-6-8-25(33-3)9-7-23/h6-10,13,16-18,20,24,31H,11-12,14-15,19H2,1-5H3. The number of piperidine rings is 1. The molecule has 0 bridgehead atoms. The van der Waals surface area contributed by atoms with Crippen molar-refractivity contribution in [2.24, 2.45) is 0 Å². The van der Waals surface area contributed by atoms with Crippen LogP contribution in [0.3, 0.4) is 0 Å². The Kier molecular flexibility index (Phi) is 8.54. The van der Waals surface area contributed by atoms with Gasteiger partial charge in [0.15, 0.2) is 11.5 Å². The number of aromatic nitrogens is 1. The monoisotopic (exact) mass is 491 g/mol. The summed E-state index contributed by atoms with van der Waals surface area (Å²) in [5, 5.41) is 3.66. The van der Waals surface area contributed by atoms with Crippen LogP contribution >= 0.6 is 0 Å². The summed E-state index contributed by atoms with van der Waals surface area (Å²) in [7, 11) is 4.97. The first-order valence-electron chi connectivity index (χ1n) is 12.5. The molecule has 0 spiro atoms. The molecule has 2 heterocycles. The van der Waals surface area contributed by atoms with Crippen molar-refractivity contribution in [3.05, 3.63) is 60.3 Å². The number of ether oxygens (including phenoxy) is 4. The van der Waals surface area contributed by atoms with Crippen LogP contribution in [0.1, 0.15) is 32.3 Å². The molecule has 7 nitrogen and oxygen atoms in total. The Morgan fingerprint density at radius 2 is 1.58 bits per heavy atom. The molecule has 1 saturated heterocycles. The number of methoxy groups -OCH3 is 3. The van der Waals surface area contributed by atoms with Crippen molar-refractivity contribution in [3.8, 4) is 34.3 Å². The summed E-state index contributed by atoms with van der Waals surface area (Å²) >= 11 is 0. The van der Waals surface area contributed by atoms with E-state index in [0.717, 1.165) is 55.2 Å². The Labute approximate surface area is 214 Å². The fourth-order valence-electron chi connectivity index (χ4n) is 4.53. The molecule has 0 amide bonds. The van der Waals surface area contributed by atoms with Gasteiger partial charge in [-0.2, -0.15) is 0 Å². The minimum atomic E-state index is 0.00986. The molecular formula is C29H37N3O4. The number of anilines is 1. The highest BCUT2D eigenvalue weighted by Gasteiger charge is 2.20. The normalized spacial score (nSPS) is 14.5. The molecule has 0 saturated carbocycles. The number of nitrogens with zero attached hydrogens (tertiary/aromatic N) is 2. The molecule has 0 unspecified atom stereocenters. The van der Waals surface area contributed by atoms with Crippen molar-refractivity contribution in [1.29, 1.82) is 0 Å². The van der Waals surface area contributed by atoms with E-state index in [1.165, 1.54) is 5.56 Å². The Morgan fingerprint density at radius 1 is 0.917 bits per heavy atom. The van der Waals surface area contributed by atoms with Crippen molar-refractivity contribution in [1.82, 2.24) is 9.88 Å². The SMILES string of the molecule is COc1ccc(NC2CCN(Cc3ccnc(-c4cc(OC)c(OC(C)C)c(OC)c4)c3)CC2)cc1. The van der Waals surface area contributed by atoms with Gasteiger partial charge in [-0.1, -0.05) is 0 Å². The summed E-state index contributed by atoms with van der Waals surface area (Å²) in [5.41, 5.74) is 4.20. The van der Waals surface area contributed by atoms with Gasteiger partial charge in [-0.25, -0.2) is 0 Å². The zero-order valence-electron chi connectivity index (χ0n) is 21.9. The number of nitrogens with one attached hydrogen (secondary N) is 1. The average Bonchev–Trinajstić information content (AvgIpc) is 2.90. The van der Waals surface area contributed by atoms with Crippen molar-refractivity contribution in [2.75, 3.05) is 39.7 Å². The third-order valence-electron chi connectivity index (χ3n) is 6.39. The van der Waals surface area contributed by atoms with Gasteiger partial charge in [0.2, 0.25) is 5.75 Å². The molecule has 7 heteroatoms. The number of rotatable bonds is 10. The molecule has 1 aliphatic rings. The van der Waals surface area contributed by atoms with Crippen molar-refractivity contribution in [2.45, 2.75) is 45.4 Å². The first kappa shape index (κ1) is 25.6. The van der Waals surface area contributed by atoms with E-state index in [1.807, 2.05) is 44.3 Å². The lowest BCUT2D eigenvalue weighted by Gasteiger charge is -2.33. The molecule has 1 aromatic heterocycles. The highest BCUT2D eigenvalue weighted by atomic mass is 16.5. The molecular weight excluding hydrogens is 454 g/mol. The van der Waals surface area contributed by atoms with E-state index in [1.54, 1.807) is 21.3 Å². The molecule has 2 aromatic carbocycles. The molecule has 3 aromatic rings. The van der Waals surface area contributed by atoms with Crippen molar-refractivity contribution >= 4 is 5.69 Å². The van der Waals surface area contributed by atoms with Crippen LogP contribution in [0.25, 0.3) is 11.3 Å². The zero-order chi connectivity index (χ0) is 25.5. The maximum Gasteiger partial charge on any atom is 0.203 e. The van der Waals surface area contributed by atoms with E-state index in [-0.39, 0.29) is 6.10 Å². The van der Waals surface area contributed by atoms with Crippen LogP contribution in [0.15, 0.2) is 54.7 Å². The predicted molar refractivity (Wildman–Crippen MR) is 143 cm³/mol. The maximum absolute atomic E-state index is 5.94. The van der Waals surface area contributed by atoms with Crippen LogP contribution < -0.4 is 24.3 Å². The van der Waals surface area contributed by atoms with Gasteiger partial charge in [-0.15, -0.1) is 0 Å². The Morgan fingerprint density at radius 3 is 2.17 bits per heavy atom. The largest absolute Gasteiger partial charge is 0.497 e. The topological polar surface area (TPSA) is 65.1 Å². The summed E-state index contributed by atoms with van der Waals surface area (Å²) in [6.45, 7) is 6.96. The van der Waals surface area contributed by atoms with E-state index < -0.39 is 0 Å². The maximum atomic E-state index is 5.94. The van der Waals surface area contributed by atoms with Crippen LogP contribution in [-0.2, 0) is 6.54 Å². The molecule has 0 aliphatic carbocycles. The summed E-state index contributed by atoms with van der Waals surface area (Å²) in [5.74, 6) is 2.76. The second kappa shape index (κ2) is 12.0. The summed E-state index contributed by atoms with van der Waals surface area (Å²) in [4.78, 5) is 7.13. The van der Waals surface area contributed by atoms with Crippen LogP contribution in [0.4, 0.5) is 5.69 Å². The lowest BCUT2D eigenvalue weighted by molar-refractivity contribution is 0.211. The lowest BCUT2D eigenvalue weighted by Crippen LogP contribution is -2.38. The molecule has 1 fully saturated rings. The average molecular weight is 492 g/mol. The Bertz CT molecular complexity index is 1100. The Balaban J connectivity index is 1.40. The number of pyridine rings is 1. The summed E-state index contributed by atoms with van der Waals surface area (Å²) in [6.07, 6.45) is 4.10. The van der Waals surface area contributed by atoms with Gasteiger partial charge in [-0.05, 0) is 80.8 Å². The second-order valence-electron chi connectivity index (χ2n) is 9.35. The van der Waals surface area contributed by atoms with Gasteiger partial charge in [-0.3, -0.25) is 9.88 Å². The minimum absolute atomic E-state index is 0.00986. The first-order valence-corrected chi connectivity index (χ1v) is 12.5. The second-order valence-corrected chi connectivity index (χ2v) is 9.35. The lowest BCUT2D eigenvalue weighted by atomic mass is 10.0. The molecule has 4 rings (SSSR count). The number of hydrogen-bond acceptors (Lipinski definition) is 7. The highest BCUT2D eigenvalue weighted by Crippen LogP contribution is 2.41. The molecule has 0 radical (unpaired) electrons. The van der Waals surface area contributed by atoms with Gasteiger partial charge < -0.3 is 24.3 Å². The quantitative estimate of drug-likeness (QED) is 0.394. The van der Waals surface area contributed by atoms with Gasteiger partial charge in [0, 0.05) is 43.1 Å². The highest BCUT2D eigenvalue weighted by molar-refractivity contribution is 5.69. The number of hydrogen-bond donors (Lipinski definition) is 1. The van der Waals surface area contributed by atoms with Gasteiger partial charge in [0.05, 0.1) is 33.1 Å². The first-order chi connectivity index (χ1) is 17.5. The third kappa shape index (κ3) is 6.40. The van der Waals surface area contributed by atoms with Gasteiger partial charge >= 0.3 is 0 Å². The third-order valence-corrected chi connectivity index (χ3v) is 6.39. The smallest absolute Gasteiger partial charge is 0.203 e. The van der Waals surface area contributed by atoms with Crippen LogP contribution in [-0.4, -0.2) is 56.4 Å². The van der Waals surface area contributed by atoms with Crippen molar-refractivity contribution < 1.29 is 18.9 Å². The molecule has 192 valence electrons. The minimum Gasteiger partial charge on any atom is -0.497 e. The van der Waals surface area contributed by atoms with Crippen LogP contribution in [0.2, 0.25) is 0 Å². The molecule has 36 heavy (non-hydrogen) atoms. The predicted octanol–water partition coefficient (Wildman–Crippen LogP) is 5.64. The number of benzene rings is 2. The van der Waals surface area contributed by atoms with Crippen molar-refractivity contribution in [3.63, 3.8) is 0 Å². The zero-order valence-corrected chi connectivity index (χ0v) is 21.9. The molecule has 1 aliphatic heterocycles. The van der Waals surface area contributed by atoms with E-state index in [2.05, 4.69) is 39.5 Å².